The third-order valence-electron chi connectivity index (χ3n) is 3.37. The molecule has 22 heavy (non-hydrogen) atoms. The standard InChI is InChI=1S/C17H23N3O2/c1-5-22-16-9-7-6-8-15(16)20(4)12-13-10-11-14(18-13)17(21)19(2)3/h6-11,18H,5,12H2,1-4H3. The average molecular weight is 301 g/mol. The molecule has 0 aliphatic heterocycles. The fourth-order valence-electron chi connectivity index (χ4n) is 2.29. The van der Waals surface area contributed by atoms with Gasteiger partial charge < -0.3 is 19.5 Å². The molecule has 1 amide bonds. The quantitative estimate of drug-likeness (QED) is 0.892. The van der Waals surface area contributed by atoms with E-state index in [1.165, 1.54) is 0 Å². The molecule has 0 unspecified atom stereocenters. The number of H-pyrrole nitrogens is 1. The van der Waals surface area contributed by atoms with Crippen molar-refractivity contribution in [1.29, 1.82) is 0 Å². The second kappa shape index (κ2) is 7.02. The summed E-state index contributed by atoms with van der Waals surface area (Å²) in [5.41, 5.74) is 2.62. The van der Waals surface area contributed by atoms with E-state index in [-0.39, 0.29) is 5.91 Å². The smallest absolute Gasteiger partial charge is 0.269 e. The minimum Gasteiger partial charge on any atom is -0.492 e. The molecule has 0 radical (unpaired) electrons. The number of aromatic nitrogens is 1. The van der Waals surface area contributed by atoms with E-state index in [1.807, 2.05) is 50.4 Å². The van der Waals surface area contributed by atoms with Gasteiger partial charge in [0.1, 0.15) is 11.4 Å². The van der Waals surface area contributed by atoms with Gasteiger partial charge in [0, 0.05) is 26.8 Å². The molecule has 5 nitrogen and oxygen atoms in total. The first-order chi connectivity index (χ1) is 10.5. The molecular formula is C17H23N3O2. The number of aromatic amines is 1. The molecule has 0 atom stereocenters. The Morgan fingerprint density at radius 2 is 1.86 bits per heavy atom. The first-order valence-corrected chi connectivity index (χ1v) is 7.35. The summed E-state index contributed by atoms with van der Waals surface area (Å²) in [5.74, 6) is 0.840. The van der Waals surface area contributed by atoms with Gasteiger partial charge in [-0.1, -0.05) is 12.1 Å². The summed E-state index contributed by atoms with van der Waals surface area (Å²) in [5, 5.41) is 0. The zero-order chi connectivity index (χ0) is 16.1. The molecular weight excluding hydrogens is 278 g/mol. The van der Waals surface area contributed by atoms with Crippen LogP contribution in [-0.4, -0.2) is 43.5 Å². The first-order valence-electron chi connectivity index (χ1n) is 7.35. The van der Waals surface area contributed by atoms with Crippen molar-refractivity contribution >= 4 is 11.6 Å². The number of ether oxygens (including phenoxy) is 1. The maximum absolute atomic E-state index is 11.9. The normalized spacial score (nSPS) is 10.4. The Balaban J connectivity index is 2.12. The Kier molecular flexibility index (Phi) is 5.09. The van der Waals surface area contributed by atoms with E-state index >= 15 is 0 Å². The van der Waals surface area contributed by atoms with Gasteiger partial charge in [-0.25, -0.2) is 0 Å². The number of amides is 1. The number of hydrogen-bond donors (Lipinski definition) is 1. The van der Waals surface area contributed by atoms with Gasteiger partial charge in [0.2, 0.25) is 0 Å². The van der Waals surface area contributed by atoms with Crippen molar-refractivity contribution in [3.05, 3.63) is 47.8 Å². The summed E-state index contributed by atoms with van der Waals surface area (Å²) in [7, 11) is 5.49. The number of benzene rings is 1. The van der Waals surface area contributed by atoms with E-state index in [4.69, 9.17) is 4.74 Å². The average Bonchev–Trinajstić information content (AvgIpc) is 2.95. The SMILES string of the molecule is CCOc1ccccc1N(C)Cc1ccc(C(=O)N(C)C)[nH]1. The number of carbonyl (C=O) groups excluding carboxylic acids is 1. The molecule has 1 aromatic heterocycles. The maximum atomic E-state index is 11.9. The van der Waals surface area contributed by atoms with E-state index in [0.717, 1.165) is 17.1 Å². The Morgan fingerprint density at radius 1 is 1.14 bits per heavy atom. The van der Waals surface area contributed by atoms with Crippen LogP contribution in [0, 0.1) is 0 Å². The minimum absolute atomic E-state index is 0.0244. The van der Waals surface area contributed by atoms with Crippen molar-refractivity contribution in [3.63, 3.8) is 0 Å². The van der Waals surface area contributed by atoms with E-state index in [2.05, 4.69) is 9.88 Å². The second-order valence-corrected chi connectivity index (χ2v) is 5.35. The highest BCUT2D eigenvalue weighted by Gasteiger charge is 2.13. The predicted molar refractivity (Wildman–Crippen MR) is 88.5 cm³/mol. The van der Waals surface area contributed by atoms with Crippen molar-refractivity contribution < 1.29 is 9.53 Å². The van der Waals surface area contributed by atoms with Gasteiger partial charge in [-0.05, 0) is 31.2 Å². The van der Waals surface area contributed by atoms with Crippen LogP contribution in [0.4, 0.5) is 5.69 Å². The largest absolute Gasteiger partial charge is 0.492 e. The third-order valence-corrected chi connectivity index (χ3v) is 3.37. The van der Waals surface area contributed by atoms with Gasteiger partial charge in [-0.15, -0.1) is 0 Å². The molecule has 1 N–H and O–H groups in total. The van der Waals surface area contributed by atoms with Crippen LogP contribution in [0.1, 0.15) is 23.1 Å². The molecule has 0 aliphatic rings. The van der Waals surface area contributed by atoms with Crippen molar-refractivity contribution in [2.24, 2.45) is 0 Å². The predicted octanol–water partition coefficient (Wildman–Crippen LogP) is 2.75. The molecule has 0 aliphatic carbocycles. The van der Waals surface area contributed by atoms with Gasteiger partial charge in [-0.3, -0.25) is 4.79 Å². The number of rotatable bonds is 6. The Morgan fingerprint density at radius 3 is 2.55 bits per heavy atom. The maximum Gasteiger partial charge on any atom is 0.269 e. The van der Waals surface area contributed by atoms with Gasteiger partial charge in [0.25, 0.3) is 5.91 Å². The van der Waals surface area contributed by atoms with Crippen LogP contribution in [0.5, 0.6) is 5.75 Å². The zero-order valence-electron chi connectivity index (χ0n) is 13.6. The van der Waals surface area contributed by atoms with Crippen LogP contribution in [0.15, 0.2) is 36.4 Å². The van der Waals surface area contributed by atoms with Crippen molar-refractivity contribution in [2.75, 3.05) is 32.6 Å². The first kappa shape index (κ1) is 15.9. The molecule has 1 aromatic carbocycles. The van der Waals surface area contributed by atoms with Gasteiger partial charge in [0.05, 0.1) is 18.8 Å². The lowest BCUT2D eigenvalue weighted by molar-refractivity contribution is 0.0822. The van der Waals surface area contributed by atoms with Crippen LogP contribution in [0.2, 0.25) is 0 Å². The van der Waals surface area contributed by atoms with E-state index in [1.54, 1.807) is 19.0 Å². The molecule has 0 fully saturated rings. The lowest BCUT2D eigenvalue weighted by Crippen LogP contribution is -2.22. The fraction of sp³-hybridized carbons (Fsp3) is 0.353. The number of anilines is 1. The Labute approximate surface area is 131 Å². The van der Waals surface area contributed by atoms with Crippen molar-refractivity contribution in [1.82, 2.24) is 9.88 Å². The summed E-state index contributed by atoms with van der Waals surface area (Å²) < 4.78 is 5.66. The van der Waals surface area contributed by atoms with Crippen LogP contribution in [0.3, 0.4) is 0 Å². The summed E-state index contributed by atoms with van der Waals surface area (Å²) >= 11 is 0. The second-order valence-electron chi connectivity index (χ2n) is 5.35. The van der Waals surface area contributed by atoms with E-state index in [9.17, 15) is 4.79 Å². The van der Waals surface area contributed by atoms with E-state index in [0.29, 0.717) is 18.8 Å². The lowest BCUT2D eigenvalue weighted by Gasteiger charge is -2.21. The molecule has 2 rings (SSSR count). The molecule has 118 valence electrons. The van der Waals surface area contributed by atoms with Gasteiger partial charge in [0.15, 0.2) is 0 Å². The lowest BCUT2D eigenvalue weighted by atomic mass is 10.2. The molecule has 5 heteroatoms. The highest BCUT2D eigenvalue weighted by molar-refractivity contribution is 5.92. The Bertz CT molecular complexity index is 634. The van der Waals surface area contributed by atoms with Crippen LogP contribution in [0.25, 0.3) is 0 Å². The highest BCUT2D eigenvalue weighted by Crippen LogP contribution is 2.28. The molecule has 2 aromatic rings. The number of nitrogens with one attached hydrogen (secondary N) is 1. The summed E-state index contributed by atoms with van der Waals surface area (Å²) in [6, 6.07) is 11.7. The van der Waals surface area contributed by atoms with Crippen molar-refractivity contribution in [2.45, 2.75) is 13.5 Å². The zero-order valence-corrected chi connectivity index (χ0v) is 13.6. The van der Waals surface area contributed by atoms with Crippen LogP contribution >= 0.6 is 0 Å². The number of para-hydroxylation sites is 2. The van der Waals surface area contributed by atoms with Crippen LogP contribution < -0.4 is 9.64 Å². The summed E-state index contributed by atoms with van der Waals surface area (Å²) in [6.45, 7) is 3.28. The summed E-state index contributed by atoms with van der Waals surface area (Å²) in [6.07, 6.45) is 0. The number of carbonyl (C=O) groups is 1. The third kappa shape index (κ3) is 3.61. The monoisotopic (exact) mass is 301 g/mol. The fourth-order valence-corrected chi connectivity index (χ4v) is 2.29. The van der Waals surface area contributed by atoms with Crippen LogP contribution in [-0.2, 0) is 6.54 Å². The highest BCUT2D eigenvalue weighted by atomic mass is 16.5. The van der Waals surface area contributed by atoms with Gasteiger partial charge in [-0.2, -0.15) is 0 Å². The van der Waals surface area contributed by atoms with E-state index < -0.39 is 0 Å². The topological polar surface area (TPSA) is 48.6 Å². The molecule has 0 saturated carbocycles. The molecule has 0 spiro atoms. The van der Waals surface area contributed by atoms with Gasteiger partial charge >= 0.3 is 0 Å². The molecule has 0 saturated heterocycles. The summed E-state index contributed by atoms with van der Waals surface area (Å²) in [4.78, 5) is 18.7. The molecule has 0 bridgehead atoms. The molecule has 1 heterocycles. The minimum atomic E-state index is -0.0244. The number of nitrogens with zero attached hydrogens (tertiary/aromatic N) is 2. The number of hydrogen-bond acceptors (Lipinski definition) is 3. The van der Waals surface area contributed by atoms with Crippen molar-refractivity contribution in [3.8, 4) is 5.75 Å². The Hall–Kier alpha value is -2.43.